The molecular weight excluding hydrogens is 342 g/mol. The van der Waals surface area contributed by atoms with E-state index < -0.39 is 5.92 Å². The van der Waals surface area contributed by atoms with E-state index in [9.17, 15) is 14.4 Å². The third-order valence-corrected chi connectivity index (χ3v) is 4.42. The van der Waals surface area contributed by atoms with Crippen LogP contribution in [-0.4, -0.2) is 24.3 Å². The van der Waals surface area contributed by atoms with E-state index in [1.54, 1.807) is 30.3 Å². The van der Waals surface area contributed by atoms with E-state index in [0.717, 1.165) is 5.56 Å². The van der Waals surface area contributed by atoms with Crippen molar-refractivity contribution in [3.8, 4) is 0 Å². The lowest BCUT2D eigenvalue weighted by molar-refractivity contribution is -0.123. The van der Waals surface area contributed by atoms with Gasteiger partial charge in [0.15, 0.2) is 0 Å². The second kappa shape index (κ2) is 8.03. The van der Waals surface area contributed by atoms with Crippen molar-refractivity contribution in [2.45, 2.75) is 26.2 Å². The van der Waals surface area contributed by atoms with Crippen molar-refractivity contribution in [3.63, 3.8) is 0 Å². The molecule has 6 heteroatoms. The largest absolute Gasteiger partial charge is 0.352 e. The SMILES string of the molecule is CC(C)CNC(=O)c1ccccc1NC(=O)[C@H]1CC(=O)Nc2ccccc21. The van der Waals surface area contributed by atoms with Crippen molar-refractivity contribution >= 4 is 29.1 Å². The molecule has 3 amide bonds. The zero-order chi connectivity index (χ0) is 19.4. The number of carbonyl (C=O) groups is 3. The summed E-state index contributed by atoms with van der Waals surface area (Å²) in [7, 11) is 0. The molecule has 0 spiro atoms. The smallest absolute Gasteiger partial charge is 0.253 e. The molecule has 0 saturated carbocycles. The average Bonchev–Trinajstić information content (AvgIpc) is 2.65. The van der Waals surface area contributed by atoms with Crippen LogP contribution < -0.4 is 16.0 Å². The first-order valence-electron chi connectivity index (χ1n) is 9.02. The number of para-hydroxylation sites is 2. The Morgan fingerprint density at radius 3 is 2.59 bits per heavy atom. The molecule has 3 N–H and O–H groups in total. The van der Waals surface area contributed by atoms with Crippen LogP contribution in [0.4, 0.5) is 11.4 Å². The van der Waals surface area contributed by atoms with Crippen molar-refractivity contribution in [1.82, 2.24) is 5.32 Å². The standard InChI is InChI=1S/C21H23N3O3/c1-13(2)12-22-20(26)15-8-4-6-10-18(15)24-21(27)16-11-19(25)23-17-9-5-3-7-14(16)17/h3-10,13,16H,11-12H2,1-2H3,(H,22,26)(H,23,25)(H,24,27)/t16-/m0/s1. The first kappa shape index (κ1) is 18.6. The van der Waals surface area contributed by atoms with Gasteiger partial charge in [-0.15, -0.1) is 0 Å². The summed E-state index contributed by atoms with van der Waals surface area (Å²) in [5, 5.41) is 8.47. The molecule has 0 unspecified atom stereocenters. The molecule has 0 aliphatic carbocycles. The van der Waals surface area contributed by atoms with Crippen molar-refractivity contribution in [1.29, 1.82) is 0 Å². The van der Waals surface area contributed by atoms with Gasteiger partial charge < -0.3 is 16.0 Å². The molecule has 0 aromatic heterocycles. The number of nitrogens with one attached hydrogen (secondary N) is 3. The number of hydrogen-bond donors (Lipinski definition) is 3. The van der Waals surface area contributed by atoms with Gasteiger partial charge in [-0.2, -0.15) is 0 Å². The average molecular weight is 365 g/mol. The Morgan fingerprint density at radius 1 is 1.11 bits per heavy atom. The van der Waals surface area contributed by atoms with Gasteiger partial charge in [0.1, 0.15) is 0 Å². The topological polar surface area (TPSA) is 87.3 Å². The molecule has 0 fully saturated rings. The second-order valence-electron chi connectivity index (χ2n) is 7.03. The maximum atomic E-state index is 12.9. The summed E-state index contributed by atoms with van der Waals surface area (Å²) in [6.45, 7) is 4.58. The summed E-state index contributed by atoms with van der Waals surface area (Å²) >= 11 is 0. The van der Waals surface area contributed by atoms with Crippen LogP contribution in [0, 0.1) is 5.92 Å². The zero-order valence-corrected chi connectivity index (χ0v) is 15.4. The molecule has 1 aliphatic rings. The summed E-state index contributed by atoms with van der Waals surface area (Å²) < 4.78 is 0. The molecule has 0 bridgehead atoms. The number of amides is 3. The quantitative estimate of drug-likeness (QED) is 0.761. The van der Waals surface area contributed by atoms with E-state index >= 15 is 0 Å². The van der Waals surface area contributed by atoms with Gasteiger partial charge in [-0.05, 0) is 29.7 Å². The van der Waals surface area contributed by atoms with Gasteiger partial charge in [0.2, 0.25) is 11.8 Å². The number of fused-ring (bicyclic) bond motifs is 1. The first-order valence-corrected chi connectivity index (χ1v) is 9.02. The number of carbonyl (C=O) groups excluding carboxylic acids is 3. The van der Waals surface area contributed by atoms with Crippen LogP contribution in [0.3, 0.4) is 0 Å². The Kier molecular flexibility index (Phi) is 5.54. The summed E-state index contributed by atoms with van der Waals surface area (Å²) in [6.07, 6.45) is 0.0740. The van der Waals surface area contributed by atoms with E-state index in [0.29, 0.717) is 29.4 Å². The van der Waals surface area contributed by atoms with Gasteiger partial charge in [-0.3, -0.25) is 14.4 Å². The van der Waals surface area contributed by atoms with Crippen LogP contribution in [0.2, 0.25) is 0 Å². The Hall–Kier alpha value is -3.15. The Morgan fingerprint density at radius 2 is 1.81 bits per heavy atom. The van der Waals surface area contributed by atoms with Gasteiger partial charge >= 0.3 is 0 Å². The predicted molar refractivity (Wildman–Crippen MR) is 105 cm³/mol. The maximum absolute atomic E-state index is 12.9. The molecule has 140 valence electrons. The first-order chi connectivity index (χ1) is 13.0. The molecule has 2 aromatic rings. The van der Waals surface area contributed by atoms with Crippen molar-refractivity contribution in [3.05, 3.63) is 59.7 Å². The zero-order valence-electron chi connectivity index (χ0n) is 15.4. The van der Waals surface area contributed by atoms with Crippen LogP contribution in [0.1, 0.15) is 42.1 Å². The van der Waals surface area contributed by atoms with Gasteiger partial charge in [0.25, 0.3) is 5.91 Å². The highest BCUT2D eigenvalue weighted by Gasteiger charge is 2.31. The lowest BCUT2D eigenvalue weighted by Crippen LogP contribution is -2.32. The molecule has 1 heterocycles. The fourth-order valence-corrected chi connectivity index (χ4v) is 3.05. The van der Waals surface area contributed by atoms with Crippen molar-refractivity contribution in [2.75, 3.05) is 17.2 Å². The molecule has 0 radical (unpaired) electrons. The fraction of sp³-hybridized carbons (Fsp3) is 0.286. The maximum Gasteiger partial charge on any atom is 0.253 e. The fourth-order valence-electron chi connectivity index (χ4n) is 3.05. The number of anilines is 2. The normalized spacial score (nSPS) is 15.7. The lowest BCUT2D eigenvalue weighted by Gasteiger charge is -2.25. The van der Waals surface area contributed by atoms with Crippen LogP contribution in [-0.2, 0) is 9.59 Å². The van der Waals surface area contributed by atoms with Gasteiger partial charge in [-0.1, -0.05) is 44.2 Å². The number of benzene rings is 2. The van der Waals surface area contributed by atoms with Crippen LogP contribution in [0.5, 0.6) is 0 Å². The molecule has 6 nitrogen and oxygen atoms in total. The molecule has 1 atom stereocenters. The summed E-state index contributed by atoms with van der Waals surface area (Å²) in [5.74, 6) is -1.01. The summed E-state index contributed by atoms with van der Waals surface area (Å²) in [6, 6.07) is 14.1. The summed E-state index contributed by atoms with van der Waals surface area (Å²) in [4.78, 5) is 37.3. The van der Waals surface area contributed by atoms with Crippen molar-refractivity contribution in [2.24, 2.45) is 5.92 Å². The molecule has 27 heavy (non-hydrogen) atoms. The third-order valence-electron chi connectivity index (χ3n) is 4.42. The minimum atomic E-state index is -0.596. The Labute approximate surface area is 158 Å². The highest BCUT2D eigenvalue weighted by atomic mass is 16.2. The lowest BCUT2D eigenvalue weighted by atomic mass is 9.89. The van der Waals surface area contributed by atoms with Gasteiger partial charge in [0.05, 0.1) is 17.2 Å². The van der Waals surface area contributed by atoms with E-state index in [4.69, 9.17) is 0 Å². The Bertz CT molecular complexity index is 876. The highest BCUT2D eigenvalue weighted by molar-refractivity contribution is 6.08. The Balaban J connectivity index is 1.81. The third kappa shape index (κ3) is 4.34. The van der Waals surface area contributed by atoms with Gasteiger partial charge in [-0.25, -0.2) is 0 Å². The molecular formula is C21H23N3O3. The predicted octanol–water partition coefficient (Wildman–Crippen LogP) is 3.14. The summed E-state index contributed by atoms with van der Waals surface area (Å²) in [5.41, 5.74) is 2.26. The molecule has 1 aliphatic heterocycles. The second-order valence-corrected chi connectivity index (χ2v) is 7.03. The monoisotopic (exact) mass is 365 g/mol. The van der Waals surface area contributed by atoms with Crippen LogP contribution in [0.15, 0.2) is 48.5 Å². The van der Waals surface area contributed by atoms with Crippen LogP contribution in [0.25, 0.3) is 0 Å². The molecule has 2 aromatic carbocycles. The number of hydrogen-bond acceptors (Lipinski definition) is 3. The van der Waals surface area contributed by atoms with E-state index in [-0.39, 0.29) is 24.1 Å². The van der Waals surface area contributed by atoms with Crippen molar-refractivity contribution < 1.29 is 14.4 Å². The minimum Gasteiger partial charge on any atom is -0.352 e. The van der Waals surface area contributed by atoms with Gasteiger partial charge in [0, 0.05) is 18.7 Å². The number of rotatable bonds is 5. The molecule has 3 rings (SSSR count). The van der Waals surface area contributed by atoms with Crippen LogP contribution >= 0.6 is 0 Å². The minimum absolute atomic E-state index is 0.0740. The molecule has 0 saturated heterocycles. The highest BCUT2D eigenvalue weighted by Crippen LogP contribution is 2.33. The van der Waals surface area contributed by atoms with E-state index in [1.165, 1.54) is 0 Å². The van der Waals surface area contributed by atoms with E-state index in [2.05, 4.69) is 16.0 Å². The van der Waals surface area contributed by atoms with E-state index in [1.807, 2.05) is 32.0 Å².